The van der Waals surface area contributed by atoms with Crippen LogP contribution >= 0.6 is 0 Å². The number of amides is 1. The molecule has 0 unspecified atom stereocenters. The summed E-state index contributed by atoms with van der Waals surface area (Å²) >= 11 is 0. The molecule has 32 heavy (non-hydrogen) atoms. The number of ether oxygens (including phenoxy) is 1. The van der Waals surface area contributed by atoms with Crippen LogP contribution in [-0.2, 0) is 0 Å². The van der Waals surface area contributed by atoms with Crippen LogP contribution in [0.1, 0.15) is 31.1 Å². The number of nitrogens with zero attached hydrogens (tertiary/aromatic N) is 2. The number of nitrogens with one attached hydrogen (secondary N) is 2. The van der Waals surface area contributed by atoms with Crippen molar-refractivity contribution >= 4 is 16.9 Å². The van der Waals surface area contributed by atoms with Crippen LogP contribution in [0.3, 0.4) is 0 Å². The molecule has 2 aromatic carbocycles. The molecule has 0 radical (unpaired) electrons. The minimum absolute atomic E-state index is 0.0691. The molecule has 7 heteroatoms. The third-order valence-electron chi connectivity index (χ3n) is 5.63. The number of carbonyl (C=O) groups is 1. The summed E-state index contributed by atoms with van der Waals surface area (Å²) < 4.78 is 5.37. The molecule has 1 amide bonds. The average molecular weight is 431 g/mol. The lowest BCUT2D eigenvalue weighted by Gasteiger charge is -2.17. The molecule has 7 nitrogen and oxygen atoms in total. The summed E-state index contributed by atoms with van der Waals surface area (Å²) in [4.78, 5) is 24.7. The van der Waals surface area contributed by atoms with E-state index in [0.29, 0.717) is 39.8 Å². The minimum atomic E-state index is -0.127. The van der Waals surface area contributed by atoms with Gasteiger partial charge >= 0.3 is 0 Å². The number of H-pyrrole nitrogens is 1. The Morgan fingerprint density at radius 1 is 1.09 bits per heavy atom. The summed E-state index contributed by atoms with van der Waals surface area (Å²) in [6, 6.07) is 14.4. The van der Waals surface area contributed by atoms with Crippen LogP contribution in [-0.4, -0.2) is 39.1 Å². The lowest BCUT2D eigenvalue weighted by molar-refractivity contribution is 0.0930. The van der Waals surface area contributed by atoms with Gasteiger partial charge in [-0.25, -0.2) is 9.97 Å². The van der Waals surface area contributed by atoms with Gasteiger partial charge in [0.05, 0.1) is 23.7 Å². The van der Waals surface area contributed by atoms with Crippen LogP contribution in [0.5, 0.6) is 11.6 Å². The summed E-state index contributed by atoms with van der Waals surface area (Å²) in [7, 11) is 1.57. The maximum atomic E-state index is 12.6. The Kier molecular flexibility index (Phi) is 5.81. The summed E-state index contributed by atoms with van der Waals surface area (Å²) in [5.41, 5.74) is 4.17. The van der Waals surface area contributed by atoms with Crippen molar-refractivity contribution in [3.05, 3.63) is 60.3 Å². The smallest absolute Gasteiger partial charge is 0.251 e. The highest BCUT2D eigenvalue weighted by molar-refractivity contribution is 5.98. The number of phenolic OH excluding ortho intramolecular Hbond substituents is 1. The maximum absolute atomic E-state index is 12.6. The van der Waals surface area contributed by atoms with Crippen LogP contribution in [0.4, 0.5) is 0 Å². The predicted molar refractivity (Wildman–Crippen MR) is 125 cm³/mol. The first-order chi connectivity index (χ1) is 15.4. The van der Waals surface area contributed by atoms with E-state index in [2.05, 4.69) is 34.1 Å². The van der Waals surface area contributed by atoms with Gasteiger partial charge in [0.15, 0.2) is 0 Å². The lowest BCUT2D eigenvalue weighted by atomic mass is 10.0. The monoisotopic (exact) mass is 430 g/mol. The van der Waals surface area contributed by atoms with Crippen molar-refractivity contribution in [3.63, 3.8) is 0 Å². The van der Waals surface area contributed by atoms with Crippen LogP contribution in [0.25, 0.3) is 33.5 Å². The zero-order valence-corrected chi connectivity index (χ0v) is 18.5. The highest BCUT2D eigenvalue weighted by Gasteiger charge is 2.16. The summed E-state index contributed by atoms with van der Waals surface area (Å²) in [6.07, 6.45) is 1.67. The Morgan fingerprint density at radius 3 is 2.66 bits per heavy atom. The van der Waals surface area contributed by atoms with Crippen molar-refractivity contribution < 1.29 is 14.6 Å². The standard InChI is InChI=1S/C25H26N4O3/c1-14(2)15(3)27-24(31)17-7-9-20-21(13-17)29-23(28-20)19-12-16(8-10-22(19)30)18-6-5-11-26-25(18)32-4/h5-15,30H,1-4H3,(H,27,31)(H,28,29)/t15-/m1/s1. The second-order valence-corrected chi connectivity index (χ2v) is 8.12. The quantitative estimate of drug-likeness (QED) is 0.409. The van der Waals surface area contributed by atoms with E-state index in [1.807, 2.05) is 25.1 Å². The first-order valence-electron chi connectivity index (χ1n) is 10.5. The molecule has 2 heterocycles. The van der Waals surface area contributed by atoms with Crippen LogP contribution in [0.2, 0.25) is 0 Å². The van der Waals surface area contributed by atoms with Crippen molar-refractivity contribution in [1.29, 1.82) is 0 Å². The van der Waals surface area contributed by atoms with Gasteiger partial charge < -0.3 is 20.1 Å². The van der Waals surface area contributed by atoms with Gasteiger partial charge in [-0.05, 0) is 60.9 Å². The number of aromatic hydroxyl groups is 1. The summed E-state index contributed by atoms with van der Waals surface area (Å²) in [5, 5.41) is 13.5. The van der Waals surface area contributed by atoms with E-state index in [9.17, 15) is 9.90 Å². The van der Waals surface area contributed by atoms with Crippen molar-refractivity contribution in [1.82, 2.24) is 20.3 Å². The van der Waals surface area contributed by atoms with Crippen LogP contribution < -0.4 is 10.1 Å². The van der Waals surface area contributed by atoms with Gasteiger partial charge in [-0.2, -0.15) is 0 Å². The molecule has 0 aliphatic carbocycles. The minimum Gasteiger partial charge on any atom is -0.507 e. The van der Waals surface area contributed by atoms with E-state index in [0.717, 1.165) is 11.1 Å². The van der Waals surface area contributed by atoms with Crippen LogP contribution in [0.15, 0.2) is 54.7 Å². The number of benzene rings is 2. The van der Waals surface area contributed by atoms with Crippen molar-refractivity contribution in [2.24, 2.45) is 5.92 Å². The van der Waals surface area contributed by atoms with Gasteiger partial charge in [0.25, 0.3) is 5.91 Å². The zero-order chi connectivity index (χ0) is 22.8. The van der Waals surface area contributed by atoms with E-state index in [4.69, 9.17) is 4.74 Å². The normalized spacial score (nSPS) is 12.2. The van der Waals surface area contributed by atoms with Gasteiger partial charge in [-0.1, -0.05) is 19.9 Å². The number of imidazole rings is 1. The zero-order valence-electron chi connectivity index (χ0n) is 18.5. The number of methoxy groups -OCH3 is 1. The second kappa shape index (κ2) is 8.70. The third-order valence-corrected chi connectivity index (χ3v) is 5.63. The Morgan fingerprint density at radius 2 is 1.91 bits per heavy atom. The van der Waals surface area contributed by atoms with Gasteiger partial charge in [-0.3, -0.25) is 4.79 Å². The molecule has 0 saturated carbocycles. The number of pyridine rings is 1. The van der Waals surface area contributed by atoms with Gasteiger partial charge in [-0.15, -0.1) is 0 Å². The molecule has 4 aromatic rings. The summed E-state index contributed by atoms with van der Waals surface area (Å²) in [6.45, 7) is 6.12. The molecule has 0 bridgehead atoms. The number of carbonyl (C=O) groups excluding carboxylic acids is 1. The molecule has 3 N–H and O–H groups in total. The van der Waals surface area contributed by atoms with E-state index >= 15 is 0 Å². The fraction of sp³-hybridized carbons (Fsp3) is 0.240. The molecule has 1 atom stereocenters. The fourth-order valence-electron chi connectivity index (χ4n) is 3.40. The topological polar surface area (TPSA) is 100 Å². The highest BCUT2D eigenvalue weighted by atomic mass is 16.5. The number of hydrogen-bond acceptors (Lipinski definition) is 5. The van der Waals surface area contributed by atoms with Gasteiger partial charge in [0.2, 0.25) is 5.88 Å². The number of aromatic amines is 1. The first kappa shape index (κ1) is 21.4. The van der Waals surface area contributed by atoms with Crippen molar-refractivity contribution in [2.45, 2.75) is 26.8 Å². The fourth-order valence-corrected chi connectivity index (χ4v) is 3.40. The van der Waals surface area contributed by atoms with E-state index in [1.54, 1.807) is 43.6 Å². The van der Waals surface area contributed by atoms with Crippen molar-refractivity contribution in [2.75, 3.05) is 7.11 Å². The SMILES string of the molecule is COc1ncccc1-c1ccc(O)c(-c2nc3ccc(C(=O)N[C@H](C)C(C)C)cc3[nH]2)c1. The number of fused-ring (bicyclic) bond motifs is 1. The number of aromatic nitrogens is 3. The maximum Gasteiger partial charge on any atom is 0.251 e. The molecule has 0 aliphatic heterocycles. The van der Waals surface area contributed by atoms with Crippen molar-refractivity contribution in [3.8, 4) is 34.1 Å². The molecular formula is C25H26N4O3. The number of rotatable bonds is 6. The molecule has 2 aromatic heterocycles. The first-order valence-corrected chi connectivity index (χ1v) is 10.5. The molecular weight excluding hydrogens is 404 g/mol. The number of phenols is 1. The predicted octanol–water partition coefficient (Wildman–Crippen LogP) is 4.78. The Bertz CT molecular complexity index is 1280. The molecule has 0 fully saturated rings. The highest BCUT2D eigenvalue weighted by Crippen LogP contribution is 2.35. The molecule has 4 rings (SSSR count). The van der Waals surface area contributed by atoms with E-state index in [-0.39, 0.29) is 17.7 Å². The number of hydrogen-bond donors (Lipinski definition) is 3. The molecule has 0 saturated heterocycles. The van der Waals surface area contributed by atoms with E-state index in [1.165, 1.54) is 0 Å². The lowest BCUT2D eigenvalue weighted by Crippen LogP contribution is -2.36. The Labute approximate surface area is 186 Å². The molecule has 0 spiro atoms. The van der Waals surface area contributed by atoms with Gasteiger partial charge in [0, 0.05) is 23.4 Å². The summed E-state index contributed by atoms with van der Waals surface area (Å²) in [5.74, 6) is 1.32. The second-order valence-electron chi connectivity index (χ2n) is 8.12. The Balaban J connectivity index is 1.70. The van der Waals surface area contributed by atoms with Crippen LogP contribution in [0, 0.1) is 5.92 Å². The van der Waals surface area contributed by atoms with E-state index < -0.39 is 0 Å². The van der Waals surface area contributed by atoms with Gasteiger partial charge in [0.1, 0.15) is 11.6 Å². The Hall–Kier alpha value is -3.87. The molecule has 0 aliphatic rings. The largest absolute Gasteiger partial charge is 0.507 e. The average Bonchev–Trinajstić information content (AvgIpc) is 3.22. The molecule has 164 valence electrons. The third kappa shape index (κ3) is 4.14.